The summed E-state index contributed by atoms with van der Waals surface area (Å²) >= 11 is 0. The van der Waals surface area contributed by atoms with Crippen LogP contribution in [0.1, 0.15) is 31.2 Å². The van der Waals surface area contributed by atoms with Crippen molar-refractivity contribution >= 4 is 11.0 Å². The Labute approximate surface area is 113 Å². The zero-order valence-electron chi connectivity index (χ0n) is 11.2. The molecule has 0 radical (unpaired) electrons. The number of nitrogens with zero attached hydrogens (tertiary/aromatic N) is 1. The maximum atomic E-state index is 6.14. The number of H-pyrrole nitrogens is 1. The van der Waals surface area contributed by atoms with E-state index in [2.05, 4.69) is 33.5 Å². The van der Waals surface area contributed by atoms with Gasteiger partial charge in [-0.05, 0) is 43.5 Å². The molecule has 0 amide bonds. The second-order valence-corrected chi connectivity index (χ2v) is 5.51. The highest BCUT2D eigenvalue weighted by atomic mass is 15.0. The van der Waals surface area contributed by atoms with Gasteiger partial charge in [-0.1, -0.05) is 18.9 Å². The summed E-state index contributed by atoms with van der Waals surface area (Å²) in [6, 6.07) is 7.26. The quantitative estimate of drug-likeness (QED) is 0.785. The monoisotopic (exact) mass is 258 g/mol. The predicted molar refractivity (Wildman–Crippen MR) is 78.0 cm³/mol. The normalized spacial score (nSPS) is 23.8. The zero-order chi connectivity index (χ0) is 13.1. The van der Waals surface area contributed by atoms with E-state index in [0.717, 1.165) is 30.4 Å². The van der Waals surface area contributed by atoms with Gasteiger partial charge in [0.25, 0.3) is 0 Å². The Kier molecular flexibility index (Phi) is 3.80. The molecule has 1 aliphatic carbocycles. The molecule has 2 unspecified atom stereocenters. The number of imidazole rings is 1. The van der Waals surface area contributed by atoms with Crippen molar-refractivity contribution in [2.24, 2.45) is 5.73 Å². The van der Waals surface area contributed by atoms with E-state index in [1.165, 1.54) is 24.8 Å². The number of benzene rings is 1. The van der Waals surface area contributed by atoms with Gasteiger partial charge in [-0.25, -0.2) is 4.98 Å². The molecule has 3 rings (SSSR count). The van der Waals surface area contributed by atoms with Crippen molar-refractivity contribution in [1.82, 2.24) is 15.3 Å². The molecule has 1 aromatic heterocycles. The molecule has 4 nitrogen and oxygen atoms in total. The van der Waals surface area contributed by atoms with Gasteiger partial charge in [-0.15, -0.1) is 0 Å². The lowest BCUT2D eigenvalue weighted by atomic mass is 9.91. The van der Waals surface area contributed by atoms with Crippen LogP contribution < -0.4 is 11.1 Å². The number of fused-ring (bicyclic) bond motifs is 1. The number of aromatic amines is 1. The first-order valence-corrected chi connectivity index (χ1v) is 7.24. The summed E-state index contributed by atoms with van der Waals surface area (Å²) in [5.41, 5.74) is 9.64. The first-order chi connectivity index (χ1) is 9.33. The summed E-state index contributed by atoms with van der Waals surface area (Å²) in [6.45, 7) is 0.998. The van der Waals surface area contributed by atoms with Gasteiger partial charge < -0.3 is 16.0 Å². The van der Waals surface area contributed by atoms with E-state index in [1.54, 1.807) is 6.33 Å². The molecule has 0 spiro atoms. The molecule has 4 N–H and O–H groups in total. The van der Waals surface area contributed by atoms with Gasteiger partial charge in [-0.3, -0.25) is 0 Å². The number of nitrogens with two attached hydrogens (primary N) is 1. The second kappa shape index (κ2) is 5.72. The lowest BCUT2D eigenvalue weighted by Gasteiger charge is -2.29. The average molecular weight is 258 g/mol. The molecule has 0 aliphatic heterocycles. The Morgan fingerprint density at radius 2 is 2.21 bits per heavy atom. The molecule has 0 bridgehead atoms. The molecule has 19 heavy (non-hydrogen) atoms. The van der Waals surface area contributed by atoms with Gasteiger partial charge in [0.15, 0.2) is 0 Å². The summed E-state index contributed by atoms with van der Waals surface area (Å²) in [5.74, 6) is 0. The Balaban J connectivity index is 1.53. The van der Waals surface area contributed by atoms with Crippen molar-refractivity contribution in [3.63, 3.8) is 0 Å². The second-order valence-electron chi connectivity index (χ2n) is 5.51. The molecule has 102 valence electrons. The summed E-state index contributed by atoms with van der Waals surface area (Å²) in [4.78, 5) is 7.39. The molecule has 1 saturated carbocycles. The van der Waals surface area contributed by atoms with Gasteiger partial charge >= 0.3 is 0 Å². The summed E-state index contributed by atoms with van der Waals surface area (Å²) in [5, 5.41) is 3.61. The van der Waals surface area contributed by atoms with Crippen molar-refractivity contribution in [3.05, 3.63) is 30.1 Å². The maximum Gasteiger partial charge on any atom is 0.0931 e. The molecule has 0 saturated heterocycles. The fourth-order valence-electron chi connectivity index (χ4n) is 2.95. The van der Waals surface area contributed by atoms with E-state index in [4.69, 9.17) is 5.73 Å². The number of nitrogens with one attached hydrogen (secondary N) is 2. The maximum absolute atomic E-state index is 6.14. The predicted octanol–water partition coefficient (Wildman–Crippen LogP) is 1.96. The molecule has 1 aromatic carbocycles. The van der Waals surface area contributed by atoms with Crippen molar-refractivity contribution < 1.29 is 0 Å². The number of aromatic nitrogens is 2. The van der Waals surface area contributed by atoms with E-state index >= 15 is 0 Å². The summed E-state index contributed by atoms with van der Waals surface area (Å²) in [7, 11) is 0. The van der Waals surface area contributed by atoms with Crippen molar-refractivity contribution in [3.8, 4) is 0 Å². The zero-order valence-corrected chi connectivity index (χ0v) is 11.2. The van der Waals surface area contributed by atoms with Crippen molar-refractivity contribution in [1.29, 1.82) is 0 Å². The lowest BCUT2D eigenvalue weighted by Crippen LogP contribution is -2.47. The van der Waals surface area contributed by atoms with E-state index in [0.29, 0.717) is 12.1 Å². The van der Waals surface area contributed by atoms with Gasteiger partial charge in [0.2, 0.25) is 0 Å². The number of rotatable bonds is 4. The molecule has 2 aromatic rings. The highest BCUT2D eigenvalue weighted by Crippen LogP contribution is 2.17. The third-order valence-electron chi connectivity index (χ3n) is 4.12. The van der Waals surface area contributed by atoms with Crippen LogP contribution in [0.25, 0.3) is 11.0 Å². The number of hydrogen-bond donors (Lipinski definition) is 3. The number of hydrogen-bond acceptors (Lipinski definition) is 3. The van der Waals surface area contributed by atoms with Crippen LogP contribution in [0.2, 0.25) is 0 Å². The minimum Gasteiger partial charge on any atom is -0.345 e. The van der Waals surface area contributed by atoms with Gasteiger partial charge in [0.1, 0.15) is 0 Å². The molecule has 1 aliphatic rings. The SMILES string of the molecule is NC1CCCCC1NCCc1ccc2nc[nH]c2c1. The first-order valence-electron chi connectivity index (χ1n) is 7.24. The van der Waals surface area contributed by atoms with E-state index in [1.807, 2.05) is 0 Å². The Bertz CT molecular complexity index is 534. The molecule has 2 atom stereocenters. The highest BCUT2D eigenvalue weighted by molar-refractivity contribution is 5.75. The van der Waals surface area contributed by atoms with E-state index in [-0.39, 0.29) is 0 Å². The largest absolute Gasteiger partial charge is 0.345 e. The minimum absolute atomic E-state index is 0.337. The third-order valence-corrected chi connectivity index (χ3v) is 4.12. The Hall–Kier alpha value is -1.39. The van der Waals surface area contributed by atoms with Crippen molar-refractivity contribution in [2.75, 3.05) is 6.54 Å². The van der Waals surface area contributed by atoms with Gasteiger partial charge in [0.05, 0.1) is 17.4 Å². The van der Waals surface area contributed by atoms with Crippen LogP contribution >= 0.6 is 0 Å². The Morgan fingerprint density at radius 1 is 1.32 bits per heavy atom. The van der Waals surface area contributed by atoms with Gasteiger partial charge in [-0.2, -0.15) is 0 Å². The topological polar surface area (TPSA) is 66.7 Å². The molecular weight excluding hydrogens is 236 g/mol. The van der Waals surface area contributed by atoms with Crippen LogP contribution in [-0.2, 0) is 6.42 Å². The fraction of sp³-hybridized carbons (Fsp3) is 0.533. The van der Waals surface area contributed by atoms with Crippen LogP contribution in [0, 0.1) is 0 Å². The van der Waals surface area contributed by atoms with Crippen LogP contribution in [-0.4, -0.2) is 28.6 Å². The van der Waals surface area contributed by atoms with E-state index in [9.17, 15) is 0 Å². The van der Waals surface area contributed by atoms with Crippen LogP contribution in [0.4, 0.5) is 0 Å². The van der Waals surface area contributed by atoms with Gasteiger partial charge in [0, 0.05) is 12.1 Å². The standard InChI is InChI=1S/C15H22N4/c16-12-3-1-2-4-13(12)17-8-7-11-5-6-14-15(9-11)19-10-18-14/h5-6,9-10,12-13,17H,1-4,7-8,16H2,(H,18,19). The minimum atomic E-state index is 0.337. The van der Waals surface area contributed by atoms with Crippen LogP contribution in [0.5, 0.6) is 0 Å². The lowest BCUT2D eigenvalue weighted by molar-refractivity contribution is 0.329. The first kappa shape index (κ1) is 12.6. The van der Waals surface area contributed by atoms with E-state index < -0.39 is 0 Å². The average Bonchev–Trinajstić information content (AvgIpc) is 2.88. The van der Waals surface area contributed by atoms with Crippen LogP contribution in [0.3, 0.4) is 0 Å². The highest BCUT2D eigenvalue weighted by Gasteiger charge is 2.20. The molecular formula is C15H22N4. The third kappa shape index (κ3) is 2.96. The molecule has 1 fully saturated rings. The summed E-state index contributed by atoms with van der Waals surface area (Å²) < 4.78 is 0. The molecule has 4 heteroatoms. The Morgan fingerprint density at radius 3 is 3.11 bits per heavy atom. The van der Waals surface area contributed by atoms with Crippen molar-refractivity contribution in [2.45, 2.75) is 44.2 Å². The summed E-state index contributed by atoms with van der Waals surface area (Å²) in [6.07, 6.45) is 7.77. The molecule has 1 heterocycles. The smallest absolute Gasteiger partial charge is 0.0931 e. The van der Waals surface area contributed by atoms with Crippen LogP contribution in [0.15, 0.2) is 24.5 Å². The fourth-order valence-corrected chi connectivity index (χ4v) is 2.95.